The molecule has 2 amide bonds. The van der Waals surface area contributed by atoms with Gasteiger partial charge < -0.3 is 15.3 Å². The number of hydrogen-bond donors (Lipinski definition) is 2. The van der Waals surface area contributed by atoms with Crippen molar-refractivity contribution in [2.75, 3.05) is 19.6 Å². The molecule has 12 heteroatoms. The zero-order chi connectivity index (χ0) is 30.2. The summed E-state index contributed by atoms with van der Waals surface area (Å²) in [6.45, 7) is 1.15. The van der Waals surface area contributed by atoms with E-state index in [-0.39, 0.29) is 30.1 Å². The molecule has 43 heavy (non-hydrogen) atoms. The third-order valence-electron chi connectivity index (χ3n) is 9.11. The summed E-state index contributed by atoms with van der Waals surface area (Å²) in [4.78, 5) is 42.9. The largest absolute Gasteiger partial charge is 0.416 e. The van der Waals surface area contributed by atoms with E-state index in [2.05, 4.69) is 25.2 Å². The number of halogens is 3. The molecule has 2 N–H and O–H groups in total. The SMILES string of the molecule is O=C(NCC(=O)N1CCC2C1CCN2[C@H]1CC[C@@](O)(c2ccc(-c3ncccn3)cn2)CC1)c1cccc(C(F)(F)F)c1. The number of amides is 2. The molecule has 0 bridgehead atoms. The van der Waals surface area contributed by atoms with Gasteiger partial charge in [-0.25, -0.2) is 9.97 Å². The predicted octanol–water partition coefficient (Wildman–Crippen LogP) is 3.79. The maximum absolute atomic E-state index is 13.1. The van der Waals surface area contributed by atoms with Crippen molar-refractivity contribution < 1.29 is 27.9 Å². The summed E-state index contributed by atoms with van der Waals surface area (Å²) in [5, 5.41) is 13.9. The molecule has 9 nitrogen and oxygen atoms in total. The quantitative estimate of drug-likeness (QED) is 0.447. The second kappa shape index (κ2) is 11.6. The summed E-state index contributed by atoms with van der Waals surface area (Å²) < 4.78 is 39.0. The highest BCUT2D eigenvalue weighted by atomic mass is 19.4. The molecule has 3 aromatic rings. The summed E-state index contributed by atoms with van der Waals surface area (Å²) in [6, 6.07) is 10.2. The molecule has 2 atom stereocenters. The highest BCUT2D eigenvalue weighted by molar-refractivity contribution is 5.96. The van der Waals surface area contributed by atoms with E-state index in [0.29, 0.717) is 36.9 Å². The number of likely N-dealkylation sites (tertiary alicyclic amines) is 2. The Bertz CT molecular complexity index is 1460. The number of aliphatic hydroxyl groups is 1. The molecule has 0 spiro atoms. The second-order valence-corrected chi connectivity index (χ2v) is 11.6. The van der Waals surface area contributed by atoms with Crippen LogP contribution in [0.3, 0.4) is 0 Å². The third kappa shape index (κ3) is 5.98. The van der Waals surface area contributed by atoms with Gasteiger partial charge in [-0.1, -0.05) is 6.07 Å². The highest BCUT2D eigenvalue weighted by Crippen LogP contribution is 2.42. The van der Waals surface area contributed by atoms with Crippen molar-refractivity contribution in [3.8, 4) is 11.4 Å². The molecule has 3 fully saturated rings. The molecule has 1 saturated carbocycles. The van der Waals surface area contributed by atoms with Gasteiger partial charge in [-0.2, -0.15) is 13.2 Å². The maximum Gasteiger partial charge on any atom is 0.416 e. The van der Waals surface area contributed by atoms with Crippen molar-refractivity contribution >= 4 is 11.8 Å². The van der Waals surface area contributed by atoms with Crippen LogP contribution in [0.2, 0.25) is 0 Å². The van der Waals surface area contributed by atoms with Crippen LogP contribution in [0.5, 0.6) is 0 Å². The second-order valence-electron chi connectivity index (χ2n) is 11.6. The number of rotatable bonds is 6. The number of fused-ring (bicyclic) bond motifs is 1. The van der Waals surface area contributed by atoms with E-state index >= 15 is 0 Å². The Morgan fingerprint density at radius 3 is 2.40 bits per heavy atom. The monoisotopic (exact) mass is 594 g/mol. The van der Waals surface area contributed by atoms with E-state index in [1.807, 2.05) is 12.1 Å². The van der Waals surface area contributed by atoms with E-state index in [1.165, 1.54) is 12.1 Å². The molecular weight excluding hydrogens is 561 g/mol. The lowest BCUT2D eigenvalue weighted by atomic mass is 9.79. The Kier molecular flexibility index (Phi) is 7.91. The summed E-state index contributed by atoms with van der Waals surface area (Å²) in [7, 11) is 0. The van der Waals surface area contributed by atoms with E-state index < -0.39 is 23.2 Å². The Hall–Kier alpha value is -3.90. The first-order chi connectivity index (χ1) is 20.6. The molecule has 2 aromatic heterocycles. The van der Waals surface area contributed by atoms with Gasteiger partial charge in [-0.3, -0.25) is 19.5 Å². The zero-order valence-corrected chi connectivity index (χ0v) is 23.5. The van der Waals surface area contributed by atoms with Crippen LogP contribution in [-0.4, -0.2) is 79.4 Å². The van der Waals surface area contributed by atoms with Gasteiger partial charge in [-0.15, -0.1) is 0 Å². The van der Waals surface area contributed by atoms with Crippen molar-refractivity contribution in [2.24, 2.45) is 0 Å². The first-order valence-electron chi connectivity index (χ1n) is 14.6. The number of nitrogens with zero attached hydrogens (tertiary/aromatic N) is 5. The van der Waals surface area contributed by atoms with Crippen LogP contribution in [0.25, 0.3) is 11.4 Å². The Labute approximate surface area is 247 Å². The molecular formula is C31H33F3N6O3. The number of alkyl halides is 3. The summed E-state index contributed by atoms with van der Waals surface area (Å²) in [5.41, 5.74) is -0.604. The van der Waals surface area contributed by atoms with E-state index in [4.69, 9.17) is 0 Å². The summed E-state index contributed by atoms with van der Waals surface area (Å²) in [6.07, 6.45) is 4.94. The van der Waals surface area contributed by atoms with Gasteiger partial charge in [-0.05, 0) is 74.9 Å². The third-order valence-corrected chi connectivity index (χ3v) is 9.11. The molecule has 6 rings (SSSR count). The topological polar surface area (TPSA) is 112 Å². The molecule has 2 saturated heterocycles. The van der Waals surface area contributed by atoms with Crippen LogP contribution in [-0.2, 0) is 16.6 Å². The van der Waals surface area contributed by atoms with Gasteiger partial charge >= 0.3 is 6.18 Å². The number of nitrogens with one attached hydrogen (secondary N) is 1. The van der Waals surface area contributed by atoms with E-state index in [0.717, 1.165) is 49.9 Å². The minimum Gasteiger partial charge on any atom is -0.384 e. The van der Waals surface area contributed by atoms with Gasteiger partial charge in [0.25, 0.3) is 5.91 Å². The highest BCUT2D eigenvalue weighted by Gasteiger charge is 2.48. The molecule has 1 aromatic carbocycles. The Morgan fingerprint density at radius 2 is 1.70 bits per heavy atom. The fourth-order valence-electron chi connectivity index (χ4n) is 6.90. The number of carbonyl (C=O) groups excluding carboxylic acids is 2. The first-order valence-corrected chi connectivity index (χ1v) is 14.6. The van der Waals surface area contributed by atoms with Gasteiger partial charge in [0.05, 0.1) is 17.8 Å². The normalized spacial score (nSPS) is 25.9. The number of hydrogen-bond acceptors (Lipinski definition) is 7. The van der Waals surface area contributed by atoms with Crippen molar-refractivity contribution in [3.05, 3.63) is 77.9 Å². The van der Waals surface area contributed by atoms with Crippen LogP contribution >= 0.6 is 0 Å². The lowest BCUT2D eigenvalue weighted by Gasteiger charge is -2.41. The summed E-state index contributed by atoms with van der Waals surface area (Å²) >= 11 is 0. The Balaban J connectivity index is 1.01. The standard InChI is InChI=1S/C31H33F3N6O3/c32-31(33,34)22-4-1-3-20(17-22)29(42)38-19-27(41)40-16-10-24-25(40)9-15-39(24)23-7-11-30(43,12-8-23)26-6-5-21(18-37-26)28-35-13-2-14-36-28/h1-6,13-14,17-18,23-25,43H,7-12,15-16,19H2,(H,38,42)/t23-,24?,25?,30-. The average Bonchev–Trinajstić information content (AvgIpc) is 3.63. The van der Waals surface area contributed by atoms with Gasteiger partial charge in [0, 0.05) is 60.9 Å². The van der Waals surface area contributed by atoms with Crippen molar-refractivity contribution in [2.45, 2.75) is 68.4 Å². The van der Waals surface area contributed by atoms with Crippen LogP contribution in [0.4, 0.5) is 13.2 Å². The molecule has 226 valence electrons. The zero-order valence-electron chi connectivity index (χ0n) is 23.5. The molecule has 3 aliphatic rings. The lowest BCUT2D eigenvalue weighted by molar-refractivity contribution is -0.137. The average molecular weight is 595 g/mol. The van der Waals surface area contributed by atoms with Crippen molar-refractivity contribution in [1.82, 2.24) is 30.1 Å². The first kappa shape index (κ1) is 29.2. The molecule has 2 aliphatic heterocycles. The van der Waals surface area contributed by atoms with E-state index in [9.17, 15) is 27.9 Å². The van der Waals surface area contributed by atoms with Crippen LogP contribution in [0.1, 0.15) is 60.1 Å². The fraction of sp³-hybridized carbons (Fsp3) is 0.452. The minimum atomic E-state index is -4.55. The molecule has 0 radical (unpaired) electrons. The number of carbonyl (C=O) groups is 2. The fourth-order valence-corrected chi connectivity index (χ4v) is 6.90. The van der Waals surface area contributed by atoms with Crippen LogP contribution in [0.15, 0.2) is 61.1 Å². The number of aromatic nitrogens is 3. The maximum atomic E-state index is 13.1. The Morgan fingerprint density at radius 1 is 0.953 bits per heavy atom. The molecule has 2 unspecified atom stereocenters. The van der Waals surface area contributed by atoms with Gasteiger partial charge in [0.1, 0.15) is 5.60 Å². The summed E-state index contributed by atoms with van der Waals surface area (Å²) in [5.74, 6) is -0.360. The van der Waals surface area contributed by atoms with E-state index in [1.54, 1.807) is 29.6 Å². The smallest absolute Gasteiger partial charge is 0.384 e. The van der Waals surface area contributed by atoms with Crippen LogP contribution < -0.4 is 5.32 Å². The predicted molar refractivity (Wildman–Crippen MR) is 150 cm³/mol. The molecule has 1 aliphatic carbocycles. The lowest BCUT2D eigenvalue weighted by Crippen LogP contribution is -2.47. The molecule has 4 heterocycles. The van der Waals surface area contributed by atoms with Gasteiger partial charge in [0.15, 0.2) is 5.82 Å². The van der Waals surface area contributed by atoms with Crippen molar-refractivity contribution in [1.29, 1.82) is 0 Å². The van der Waals surface area contributed by atoms with Crippen LogP contribution in [0, 0.1) is 0 Å². The minimum absolute atomic E-state index is 0.0354. The number of pyridine rings is 1. The van der Waals surface area contributed by atoms with Crippen molar-refractivity contribution in [3.63, 3.8) is 0 Å². The van der Waals surface area contributed by atoms with Gasteiger partial charge in [0.2, 0.25) is 5.91 Å². The number of benzene rings is 1.